The van der Waals surface area contributed by atoms with E-state index in [0.717, 1.165) is 10.5 Å². The van der Waals surface area contributed by atoms with Crippen LogP contribution in [-0.4, -0.2) is 52.0 Å². The SMILES string of the molecule is Cc1cccc(C(C(=O)NCc2ccccc2)N(CC#N)C(=O)C(CCC(N)=O)NC(=O)OC(C)(C)C)c1O. The maximum absolute atomic E-state index is 13.8. The van der Waals surface area contributed by atoms with Gasteiger partial charge in [-0.3, -0.25) is 14.4 Å². The molecule has 0 radical (unpaired) electrons. The molecule has 11 heteroatoms. The summed E-state index contributed by atoms with van der Waals surface area (Å²) in [6.45, 7) is 6.12. The fourth-order valence-corrected chi connectivity index (χ4v) is 3.80. The summed E-state index contributed by atoms with van der Waals surface area (Å²) in [6, 6.07) is 12.9. The molecule has 0 spiro atoms. The summed E-state index contributed by atoms with van der Waals surface area (Å²) >= 11 is 0. The van der Waals surface area contributed by atoms with Crippen molar-refractivity contribution in [2.24, 2.45) is 5.73 Å². The van der Waals surface area contributed by atoms with Gasteiger partial charge in [-0.15, -0.1) is 0 Å². The number of phenolic OH excluding ortho intramolecular Hbond substituents is 1. The summed E-state index contributed by atoms with van der Waals surface area (Å²) < 4.78 is 5.26. The van der Waals surface area contributed by atoms with Gasteiger partial charge < -0.3 is 31.1 Å². The molecule has 0 heterocycles. The van der Waals surface area contributed by atoms with Crippen LogP contribution in [-0.2, 0) is 25.7 Å². The van der Waals surface area contributed by atoms with Crippen molar-refractivity contribution in [1.29, 1.82) is 5.26 Å². The highest BCUT2D eigenvalue weighted by molar-refractivity contribution is 5.93. The number of nitriles is 1. The number of para-hydroxylation sites is 1. The van der Waals surface area contributed by atoms with Gasteiger partial charge in [-0.1, -0.05) is 48.5 Å². The molecule has 0 saturated heterocycles. The standard InChI is InChI=1S/C28H35N5O6/c1-18-9-8-12-20(24(18)35)23(25(36)31-17-19-10-6-5-7-11-19)33(16-15-29)26(37)21(13-14-22(30)34)32-27(38)39-28(2,3)4/h5-12,21,23,35H,13-14,16-17H2,1-4H3,(H2,30,34)(H,31,36)(H,32,38). The number of hydrogen-bond acceptors (Lipinski definition) is 7. The number of ether oxygens (including phenoxy) is 1. The van der Waals surface area contributed by atoms with Crippen LogP contribution in [0.3, 0.4) is 0 Å². The molecule has 0 fully saturated rings. The first-order chi connectivity index (χ1) is 18.3. The van der Waals surface area contributed by atoms with E-state index in [1.54, 1.807) is 39.8 Å². The van der Waals surface area contributed by atoms with Crippen molar-refractivity contribution in [1.82, 2.24) is 15.5 Å². The van der Waals surface area contributed by atoms with Gasteiger partial charge in [0, 0.05) is 18.5 Å². The minimum atomic E-state index is -1.43. The topological polar surface area (TPSA) is 175 Å². The fraction of sp³-hybridized carbons (Fsp3) is 0.393. The molecule has 0 aliphatic heterocycles. The maximum Gasteiger partial charge on any atom is 0.408 e. The number of hydrogen-bond donors (Lipinski definition) is 4. The predicted molar refractivity (Wildman–Crippen MR) is 143 cm³/mol. The number of carbonyl (C=O) groups is 4. The second-order valence-electron chi connectivity index (χ2n) is 9.95. The number of benzene rings is 2. The molecule has 5 N–H and O–H groups in total. The summed E-state index contributed by atoms with van der Waals surface area (Å²) in [6.07, 6.45) is -1.38. The highest BCUT2D eigenvalue weighted by atomic mass is 16.6. The highest BCUT2D eigenvalue weighted by Crippen LogP contribution is 2.32. The Hall–Kier alpha value is -4.59. The number of amides is 4. The molecule has 0 aromatic heterocycles. The van der Waals surface area contributed by atoms with Gasteiger partial charge in [0.2, 0.25) is 17.7 Å². The van der Waals surface area contributed by atoms with E-state index in [1.807, 2.05) is 36.4 Å². The smallest absolute Gasteiger partial charge is 0.408 e. The molecular weight excluding hydrogens is 502 g/mol. The number of rotatable bonds is 11. The summed E-state index contributed by atoms with van der Waals surface area (Å²) in [5.74, 6) is -2.42. The Labute approximate surface area is 227 Å². The minimum Gasteiger partial charge on any atom is -0.507 e. The van der Waals surface area contributed by atoms with E-state index in [4.69, 9.17) is 10.5 Å². The summed E-state index contributed by atoms with van der Waals surface area (Å²) in [4.78, 5) is 52.4. The zero-order chi connectivity index (χ0) is 29.2. The predicted octanol–water partition coefficient (Wildman–Crippen LogP) is 2.57. The second-order valence-corrected chi connectivity index (χ2v) is 9.95. The third-order valence-corrected chi connectivity index (χ3v) is 5.63. The van der Waals surface area contributed by atoms with Crippen molar-refractivity contribution in [2.45, 2.75) is 64.8 Å². The van der Waals surface area contributed by atoms with Crippen LogP contribution < -0.4 is 16.4 Å². The quantitative estimate of drug-likeness (QED) is 0.319. The summed E-state index contributed by atoms with van der Waals surface area (Å²) in [5, 5.41) is 25.6. The van der Waals surface area contributed by atoms with Gasteiger partial charge in [-0.05, 0) is 45.2 Å². The van der Waals surface area contributed by atoms with Gasteiger partial charge in [-0.2, -0.15) is 5.26 Å². The molecular formula is C28H35N5O6. The van der Waals surface area contributed by atoms with Crippen molar-refractivity contribution < 1.29 is 29.0 Å². The lowest BCUT2D eigenvalue weighted by Crippen LogP contribution is -2.53. The van der Waals surface area contributed by atoms with E-state index < -0.39 is 48.0 Å². The number of carbonyl (C=O) groups excluding carboxylic acids is 4. The number of nitrogens with zero attached hydrogens (tertiary/aromatic N) is 2. The summed E-state index contributed by atoms with van der Waals surface area (Å²) in [5.41, 5.74) is 5.75. The van der Waals surface area contributed by atoms with Crippen molar-refractivity contribution >= 4 is 23.8 Å². The molecule has 0 aliphatic rings. The second kappa shape index (κ2) is 13.8. The molecule has 4 amide bonds. The molecule has 2 aromatic rings. The van der Waals surface area contributed by atoms with Crippen LogP contribution in [0, 0.1) is 18.3 Å². The zero-order valence-corrected chi connectivity index (χ0v) is 22.6. The lowest BCUT2D eigenvalue weighted by atomic mass is 9.98. The largest absolute Gasteiger partial charge is 0.507 e. The first kappa shape index (κ1) is 30.6. The van der Waals surface area contributed by atoms with Gasteiger partial charge in [0.1, 0.15) is 30.0 Å². The molecule has 11 nitrogen and oxygen atoms in total. The number of primary amides is 1. The number of alkyl carbamates (subject to hydrolysis) is 1. The maximum atomic E-state index is 13.8. The number of nitrogens with two attached hydrogens (primary N) is 1. The molecule has 2 unspecified atom stereocenters. The van der Waals surface area contributed by atoms with E-state index in [1.165, 1.54) is 6.07 Å². The van der Waals surface area contributed by atoms with Crippen LogP contribution in [0.15, 0.2) is 48.5 Å². The van der Waals surface area contributed by atoms with E-state index in [9.17, 15) is 29.5 Å². The Morgan fingerprint density at radius 2 is 1.77 bits per heavy atom. The van der Waals surface area contributed by atoms with Crippen LogP contribution in [0.4, 0.5) is 4.79 Å². The molecule has 208 valence electrons. The number of nitrogens with one attached hydrogen (secondary N) is 2. The third-order valence-electron chi connectivity index (χ3n) is 5.63. The number of aromatic hydroxyl groups is 1. The van der Waals surface area contributed by atoms with E-state index >= 15 is 0 Å². The Balaban J connectivity index is 2.50. The van der Waals surface area contributed by atoms with E-state index in [0.29, 0.717) is 5.56 Å². The lowest BCUT2D eigenvalue weighted by molar-refractivity contribution is -0.142. The average Bonchev–Trinajstić information content (AvgIpc) is 2.86. The molecule has 2 atom stereocenters. The van der Waals surface area contributed by atoms with Crippen LogP contribution >= 0.6 is 0 Å². The monoisotopic (exact) mass is 537 g/mol. The Bertz CT molecular complexity index is 1220. The van der Waals surface area contributed by atoms with Gasteiger partial charge in [0.05, 0.1) is 6.07 Å². The molecule has 39 heavy (non-hydrogen) atoms. The van der Waals surface area contributed by atoms with E-state index in [2.05, 4.69) is 10.6 Å². The van der Waals surface area contributed by atoms with Gasteiger partial charge in [-0.25, -0.2) is 4.79 Å². The lowest BCUT2D eigenvalue weighted by Gasteiger charge is -2.33. The number of phenols is 1. The van der Waals surface area contributed by atoms with E-state index in [-0.39, 0.29) is 30.7 Å². The molecule has 2 aromatic carbocycles. The van der Waals surface area contributed by atoms with Crippen molar-refractivity contribution in [3.8, 4) is 11.8 Å². The fourth-order valence-electron chi connectivity index (χ4n) is 3.80. The van der Waals surface area contributed by atoms with Crippen LogP contribution in [0.5, 0.6) is 5.75 Å². The first-order valence-corrected chi connectivity index (χ1v) is 12.4. The van der Waals surface area contributed by atoms with Crippen LogP contribution in [0.25, 0.3) is 0 Å². The van der Waals surface area contributed by atoms with Crippen molar-refractivity contribution in [2.75, 3.05) is 6.54 Å². The van der Waals surface area contributed by atoms with Crippen LogP contribution in [0.1, 0.15) is 56.3 Å². The van der Waals surface area contributed by atoms with Crippen molar-refractivity contribution in [3.05, 3.63) is 65.2 Å². The molecule has 0 aliphatic carbocycles. The van der Waals surface area contributed by atoms with Gasteiger partial charge >= 0.3 is 6.09 Å². The zero-order valence-electron chi connectivity index (χ0n) is 22.6. The van der Waals surface area contributed by atoms with Crippen LogP contribution in [0.2, 0.25) is 0 Å². The Morgan fingerprint density at radius 1 is 1.10 bits per heavy atom. The first-order valence-electron chi connectivity index (χ1n) is 12.4. The highest BCUT2D eigenvalue weighted by Gasteiger charge is 2.37. The average molecular weight is 538 g/mol. The number of aryl methyl sites for hydroxylation is 1. The molecule has 0 saturated carbocycles. The van der Waals surface area contributed by atoms with Gasteiger partial charge in [0.15, 0.2) is 0 Å². The Morgan fingerprint density at radius 3 is 2.36 bits per heavy atom. The third kappa shape index (κ3) is 9.34. The minimum absolute atomic E-state index is 0.0927. The normalized spacial score (nSPS) is 12.4. The molecule has 0 bridgehead atoms. The molecule has 2 rings (SSSR count). The van der Waals surface area contributed by atoms with Crippen molar-refractivity contribution in [3.63, 3.8) is 0 Å². The summed E-state index contributed by atoms with van der Waals surface area (Å²) in [7, 11) is 0. The Kier molecular flexibility index (Phi) is 10.8. The van der Waals surface area contributed by atoms with Gasteiger partial charge in [0.25, 0.3) is 0 Å².